The molecule has 0 aliphatic rings. The molecule has 0 spiro atoms. The summed E-state index contributed by atoms with van der Waals surface area (Å²) in [6.45, 7) is 1.30. The third kappa shape index (κ3) is 10.3. The van der Waals surface area contributed by atoms with Gasteiger partial charge in [-0.3, -0.25) is 14.4 Å². The zero-order valence-corrected chi connectivity index (χ0v) is 21.1. The van der Waals surface area contributed by atoms with Crippen LogP contribution >= 0.6 is 23.5 Å². The first kappa shape index (κ1) is 29.7. The quantitative estimate of drug-likeness (QED) is 0.138. The van der Waals surface area contributed by atoms with Crippen molar-refractivity contribution in [3.63, 3.8) is 0 Å². The van der Waals surface area contributed by atoms with E-state index in [1.54, 1.807) is 6.20 Å². The molecule has 0 saturated heterocycles. The molecule has 3 amide bonds. The lowest BCUT2D eigenvalue weighted by atomic mass is 10.1. The number of H-pyrrole nitrogens is 1. The maximum absolute atomic E-state index is 12.9. The first-order valence-corrected chi connectivity index (χ1v) is 13.4. The summed E-state index contributed by atoms with van der Waals surface area (Å²) in [6, 6.07) is -4.51. The van der Waals surface area contributed by atoms with Crippen LogP contribution in [0.25, 0.3) is 0 Å². The lowest BCUT2D eigenvalue weighted by molar-refractivity contribution is -0.143. The average Bonchev–Trinajstić information content (AvgIpc) is 3.29. The highest BCUT2D eigenvalue weighted by molar-refractivity contribution is 7.98. The van der Waals surface area contributed by atoms with E-state index in [0.717, 1.165) is 0 Å². The Morgan fingerprint density at radius 2 is 1.62 bits per heavy atom. The van der Waals surface area contributed by atoms with Crippen molar-refractivity contribution in [3.05, 3.63) is 18.2 Å². The van der Waals surface area contributed by atoms with Crippen molar-refractivity contribution >= 4 is 47.2 Å². The SMILES string of the molecule is CSCCC(NC(=O)C(NC(=O)C(CCSC)NC(=O)C(N)Cc1cnc[nH]1)C(C)O)C(=O)O. The van der Waals surface area contributed by atoms with Crippen LogP contribution in [0.15, 0.2) is 12.5 Å². The van der Waals surface area contributed by atoms with Gasteiger partial charge in [-0.25, -0.2) is 9.78 Å². The van der Waals surface area contributed by atoms with Gasteiger partial charge in [-0.05, 0) is 43.8 Å². The molecule has 0 aromatic carbocycles. The van der Waals surface area contributed by atoms with Crippen LogP contribution in [-0.4, -0.2) is 98.2 Å². The van der Waals surface area contributed by atoms with Crippen LogP contribution in [0.2, 0.25) is 0 Å². The number of aliphatic hydroxyl groups excluding tert-OH is 1. The molecule has 0 saturated carbocycles. The third-order valence-corrected chi connectivity index (χ3v) is 6.15. The monoisotopic (exact) mass is 518 g/mol. The van der Waals surface area contributed by atoms with Crippen molar-refractivity contribution in [2.24, 2.45) is 5.73 Å². The molecule has 1 aromatic rings. The van der Waals surface area contributed by atoms with E-state index in [1.165, 1.54) is 36.8 Å². The van der Waals surface area contributed by atoms with Crippen molar-refractivity contribution in [2.75, 3.05) is 24.0 Å². The van der Waals surface area contributed by atoms with Gasteiger partial charge in [0.15, 0.2) is 0 Å². The van der Waals surface area contributed by atoms with Gasteiger partial charge >= 0.3 is 5.97 Å². The van der Waals surface area contributed by atoms with Gasteiger partial charge in [-0.15, -0.1) is 0 Å². The second-order valence-electron chi connectivity index (χ2n) is 7.64. The van der Waals surface area contributed by atoms with E-state index in [9.17, 15) is 29.4 Å². The number of carboxylic acid groups (broad SMARTS) is 1. The number of aromatic nitrogens is 2. The zero-order chi connectivity index (χ0) is 25.7. The number of carbonyl (C=O) groups excluding carboxylic acids is 3. The number of carbonyl (C=O) groups is 4. The molecule has 5 atom stereocenters. The maximum atomic E-state index is 12.9. The van der Waals surface area contributed by atoms with Crippen LogP contribution in [0.5, 0.6) is 0 Å². The summed E-state index contributed by atoms with van der Waals surface area (Å²) in [6.07, 6.45) is 5.98. The molecular formula is C20H34N6O6S2. The van der Waals surface area contributed by atoms with Gasteiger partial charge in [0.05, 0.1) is 18.5 Å². The number of hydrogen-bond donors (Lipinski definition) is 7. The fraction of sp³-hybridized carbons (Fsp3) is 0.650. The van der Waals surface area contributed by atoms with E-state index in [0.29, 0.717) is 17.2 Å². The Hall–Kier alpha value is -2.29. The first-order valence-electron chi connectivity index (χ1n) is 10.6. The molecule has 0 bridgehead atoms. The number of aromatic amines is 1. The number of nitrogens with two attached hydrogens (primary N) is 1. The Morgan fingerprint density at radius 3 is 2.12 bits per heavy atom. The Kier molecular flexibility index (Phi) is 13.6. The summed E-state index contributed by atoms with van der Waals surface area (Å²) in [5.74, 6) is -2.25. The van der Waals surface area contributed by atoms with Crippen molar-refractivity contribution in [1.29, 1.82) is 0 Å². The van der Waals surface area contributed by atoms with Crippen LogP contribution in [-0.2, 0) is 25.6 Å². The normalized spacial score (nSPS) is 15.4. The van der Waals surface area contributed by atoms with Crippen molar-refractivity contribution in [2.45, 2.75) is 56.5 Å². The Morgan fingerprint density at radius 1 is 1.03 bits per heavy atom. The number of thioether (sulfide) groups is 2. The predicted molar refractivity (Wildman–Crippen MR) is 131 cm³/mol. The second-order valence-corrected chi connectivity index (χ2v) is 9.61. The summed E-state index contributed by atoms with van der Waals surface area (Å²) in [7, 11) is 0. The van der Waals surface area contributed by atoms with E-state index in [1.807, 2.05) is 12.5 Å². The second kappa shape index (κ2) is 15.6. The minimum absolute atomic E-state index is 0.184. The number of imidazole rings is 1. The van der Waals surface area contributed by atoms with Crippen LogP contribution in [0, 0.1) is 0 Å². The fourth-order valence-electron chi connectivity index (χ4n) is 2.92. The van der Waals surface area contributed by atoms with Gasteiger partial charge in [0.25, 0.3) is 0 Å². The molecule has 14 heteroatoms. The zero-order valence-electron chi connectivity index (χ0n) is 19.4. The maximum Gasteiger partial charge on any atom is 0.326 e. The molecule has 12 nitrogen and oxygen atoms in total. The summed E-state index contributed by atoms with van der Waals surface area (Å²) in [4.78, 5) is 56.3. The van der Waals surface area contributed by atoms with E-state index in [-0.39, 0.29) is 19.3 Å². The van der Waals surface area contributed by atoms with Gasteiger partial charge in [-0.1, -0.05) is 0 Å². The minimum Gasteiger partial charge on any atom is -0.480 e. The van der Waals surface area contributed by atoms with E-state index in [4.69, 9.17) is 5.73 Å². The van der Waals surface area contributed by atoms with E-state index < -0.39 is 54.0 Å². The summed E-state index contributed by atoms with van der Waals surface area (Å²) in [5.41, 5.74) is 6.61. The lowest BCUT2D eigenvalue weighted by Crippen LogP contribution is -2.60. The van der Waals surface area contributed by atoms with Gasteiger partial charge in [-0.2, -0.15) is 23.5 Å². The molecule has 192 valence electrons. The largest absolute Gasteiger partial charge is 0.480 e. The van der Waals surface area contributed by atoms with Gasteiger partial charge < -0.3 is 36.9 Å². The van der Waals surface area contributed by atoms with Crippen LogP contribution in [0.3, 0.4) is 0 Å². The molecule has 1 heterocycles. The number of aliphatic carboxylic acids is 1. The summed E-state index contributed by atoms with van der Waals surface area (Å²) < 4.78 is 0. The molecule has 34 heavy (non-hydrogen) atoms. The highest BCUT2D eigenvalue weighted by Gasteiger charge is 2.32. The van der Waals surface area contributed by atoms with Crippen molar-refractivity contribution < 1.29 is 29.4 Å². The predicted octanol–water partition coefficient (Wildman–Crippen LogP) is -1.29. The average molecular weight is 519 g/mol. The van der Waals surface area contributed by atoms with Crippen molar-refractivity contribution in [1.82, 2.24) is 25.9 Å². The third-order valence-electron chi connectivity index (χ3n) is 4.86. The van der Waals surface area contributed by atoms with E-state index >= 15 is 0 Å². The van der Waals surface area contributed by atoms with Gasteiger partial charge in [0, 0.05) is 18.3 Å². The first-order chi connectivity index (χ1) is 16.1. The smallest absolute Gasteiger partial charge is 0.326 e. The molecule has 0 radical (unpaired) electrons. The Balaban J connectivity index is 2.86. The Labute approximate surface area is 207 Å². The number of amides is 3. The van der Waals surface area contributed by atoms with Gasteiger partial charge in [0.2, 0.25) is 17.7 Å². The summed E-state index contributed by atoms with van der Waals surface area (Å²) in [5, 5.41) is 26.8. The molecule has 0 fully saturated rings. The number of hydrogen-bond acceptors (Lipinski definition) is 9. The number of rotatable bonds is 16. The molecule has 0 aliphatic carbocycles. The Bertz CT molecular complexity index is 795. The molecule has 0 aliphatic heterocycles. The molecule has 1 rings (SSSR count). The van der Waals surface area contributed by atoms with Crippen LogP contribution in [0.4, 0.5) is 0 Å². The molecule has 8 N–H and O–H groups in total. The highest BCUT2D eigenvalue weighted by Crippen LogP contribution is 2.06. The number of nitrogens with one attached hydrogen (secondary N) is 4. The topological polar surface area (TPSA) is 200 Å². The molecule has 5 unspecified atom stereocenters. The number of aliphatic hydroxyl groups is 1. The highest BCUT2D eigenvalue weighted by atomic mass is 32.2. The number of nitrogens with zero attached hydrogens (tertiary/aromatic N) is 1. The molecular weight excluding hydrogens is 484 g/mol. The number of carboxylic acids is 1. The van der Waals surface area contributed by atoms with Gasteiger partial charge in [0.1, 0.15) is 18.1 Å². The summed E-state index contributed by atoms with van der Waals surface area (Å²) >= 11 is 2.89. The minimum atomic E-state index is -1.41. The fourth-order valence-corrected chi connectivity index (χ4v) is 3.87. The van der Waals surface area contributed by atoms with E-state index in [2.05, 4.69) is 25.9 Å². The van der Waals surface area contributed by atoms with Crippen LogP contribution < -0.4 is 21.7 Å². The van der Waals surface area contributed by atoms with Crippen molar-refractivity contribution in [3.8, 4) is 0 Å². The standard InChI is InChI=1S/C20H34N6O6S2/c1-11(27)16(19(30)25-15(20(31)32)5-7-34-3)26-18(29)14(4-6-33-2)24-17(28)13(21)8-12-9-22-10-23-12/h9-11,13-16,27H,4-8,21H2,1-3H3,(H,22,23)(H,24,28)(H,25,30)(H,26,29)(H,31,32). The molecule has 1 aromatic heterocycles. The lowest BCUT2D eigenvalue weighted by Gasteiger charge is -2.26. The van der Waals surface area contributed by atoms with Crippen LogP contribution in [0.1, 0.15) is 25.5 Å².